The fourth-order valence-corrected chi connectivity index (χ4v) is 5.74. The van der Waals surface area contributed by atoms with Crippen LogP contribution in [-0.2, 0) is 26.2 Å². The predicted octanol–water partition coefficient (Wildman–Crippen LogP) is 2.51. The Labute approximate surface area is 199 Å². The van der Waals surface area contributed by atoms with Gasteiger partial charge in [-0.05, 0) is 67.6 Å². The number of piperidine rings is 1. The van der Waals surface area contributed by atoms with Crippen molar-refractivity contribution in [1.82, 2.24) is 14.9 Å². The zero-order valence-electron chi connectivity index (χ0n) is 19.3. The minimum Gasteiger partial charge on any atom is -0.497 e. The zero-order chi connectivity index (χ0) is 24.7. The molecule has 1 fully saturated rings. The maximum atomic E-state index is 13.6. The van der Waals surface area contributed by atoms with Gasteiger partial charge in [0.05, 0.1) is 12.0 Å². The van der Waals surface area contributed by atoms with E-state index >= 15 is 0 Å². The number of amides is 2. The third-order valence-electron chi connectivity index (χ3n) is 5.89. The lowest BCUT2D eigenvalue weighted by atomic mass is 10.0. The van der Waals surface area contributed by atoms with Crippen molar-refractivity contribution in [2.75, 3.05) is 20.2 Å². The first kappa shape index (κ1) is 25.6. The number of hydrogen-bond donors (Lipinski definition) is 2. The summed E-state index contributed by atoms with van der Waals surface area (Å²) in [5, 5.41) is 5.13. The van der Waals surface area contributed by atoms with Crippen molar-refractivity contribution in [3.8, 4) is 5.75 Å². The van der Waals surface area contributed by atoms with Crippen LogP contribution in [0.5, 0.6) is 5.75 Å². The molecule has 1 aliphatic heterocycles. The summed E-state index contributed by atoms with van der Waals surface area (Å²) in [6, 6.07) is 10.6. The second-order valence-corrected chi connectivity index (χ2v) is 10.1. The van der Waals surface area contributed by atoms with Gasteiger partial charge < -0.3 is 15.4 Å². The van der Waals surface area contributed by atoms with E-state index in [-0.39, 0.29) is 29.6 Å². The molecule has 34 heavy (non-hydrogen) atoms. The number of sulfonamides is 1. The van der Waals surface area contributed by atoms with Crippen LogP contribution in [0.1, 0.15) is 36.8 Å². The van der Waals surface area contributed by atoms with E-state index < -0.39 is 27.7 Å². The fourth-order valence-electron chi connectivity index (χ4n) is 3.93. The summed E-state index contributed by atoms with van der Waals surface area (Å²) >= 11 is 0. The molecule has 3 rings (SSSR count). The van der Waals surface area contributed by atoms with E-state index in [9.17, 15) is 22.4 Å². The van der Waals surface area contributed by atoms with Crippen LogP contribution in [-0.4, -0.2) is 50.8 Å². The van der Waals surface area contributed by atoms with E-state index in [2.05, 4.69) is 10.6 Å². The van der Waals surface area contributed by atoms with Crippen LogP contribution in [0, 0.1) is 12.7 Å². The quantitative estimate of drug-likeness (QED) is 0.552. The van der Waals surface area contributed by atoms with Crippen molar-refractivity contribution in [1.29, 1.82) is 0 Å². The van der Waals surface area contributed by atoms with Crippen molar-refractivity contribution in [2.45, 2.75) is 50.1 Å². The van der Waals surface area contributed by atoms with Gasteiger partial charge in [0.25, 0.3) is 0 Å². The van der Waals surface area contributed by atoms with Gasteiger partial charge >= 0.3 is 11.8 Å². The van der Waals surface area contributed by atoms with Gasteiger partial charge in [0.2, 0.25) is 10.0 Å². The van der Waals surface area contributed by atoms with Gasteiger partial charge in [0.15, 0.2) is 0 Å². The van der Waals surface area contributed by atoms with E-state index in [4.69, 9.17) is 4.74 Å². The smallest absolute Gasteiger partial charge is 0.309 e. The summed E-state index contributed by atoms with van der Waals surface area (Å²) in [4.78, 5) is 24.3. The maximum absolute atomic E-state index is 13.6. The van der Waals surface area contributed by atoms with Gasteiger partial charge in [0, 0.05) is 25.7 Å². The third kappa shape index (κ3) is 6.32. The third-order valence-corrected chi connectivity index (χ3v) is 7.84. The number of carbonyl (C=O) groups is 2. The Bertz CT molecular complexity index is 1120. The highest BCUT2D eigenvalue weighted by Gasteiger charge is 2.33. The standard InChI is InChI=1S/C24H30FN3O5S/c1-17-15-21(10-11-22(17)25)34(31,32)28-14-4-3-5-19(28)12-13-26-23(29)24(30)27-16-18-6-8-20(33-2)9-7-18/h6-11,15,19H,3-5,12-14,16H2,1-2H3,(H,26,29)(H,27,30). The molecule has 1 heterocycles. The topological polar surface area (TPSA) is 105 Å². The van der Waals surface area contributed by atoms with Crippen LogP contribution in [0.15, 0.2) is 47.4 Å². The van der Waals surface area contributed by atoms with Gasteiger partial charge in [-0.3, -0.25) is 9.59 Å². The molecule has 1 saturated heterocycles. The monoisotopic (exact) mass is 491 g/mol. The van der Waals surface area contributed by atoms with Crippen LogP contribution in [0.25, 0.3) is 0 Å². The molecular weight excluding hydrogens is 461 g/mol. The predicted molar refractivity (Wildman–Crippen MR) is 125 cm³/mol. The molecule has 0 aromatic heterocycles. The highest BCUT2D eigenvalue weighted by Crippen LogP contribution is 2.27. The Hall–Kier alpha value is -2.98. The number of ether oxygens (including phenoxy) is 1. The molecule has 2 N–H and O–H groups in total. The van der Waals surface area contributed by atoms with Gasteiger partial charge in [-0.1, -0.05) is 18.6 Å². The lowest BCUT2D eigenvalue weighted by molar-refractivity contribution is -0.139. The summed E-state index contributed by atoms with van der Waals surface area (Å²) in [5.41, 5.74) is 1.09. The Morgan fingerprint density at radius 2 is 1.79 bits per heavy atom. The highest BCUT2D eigenvalue weighted by molar-refractivity contribution is 7.89. The highest BCUT2D eigenvalue weighted by atomic mass is 32.2. The molecule has 2 aromatic carbocycles. The summed E-state index contributed by atoms with van der Waals surface area (Å²) in [5.74, 6) is -1.29. The molecule has 2 aromatic rings. The second-order valence-electron chi connectivity index (χ2n) is 8.25. The average Bonchev–Trinajstić information content (AvgIpc) is 2.84. The molecule has 1 unspecified atom stereocenters. The Morgan fingerprint density at radius 1 is 1.09 bits per heavy atom. The molecule has 2 amide bonds. The van der Waals surface area contributed by atoms with Crippen LogP contribution in [0.3, 0.4) is 0 Å². The van der Waals surface area contributed by atoms with Gasteiger partial charge in [0.1, 0.15) is 11.6 Å². The van der Waals surface area contributed by atoms with Crippen molar-refractivity contribution < 1.29 is 27.1 Å². The van der Waals surface area contributed by atoms with Gasteiger partial charge in [-0.2, -0.15) is 4.31 Å². The number of halogens is 1. The molecule has 0 bridgehead atoms. The molecule has 1 atom stereocenters. The average molecular weight is 492 g/mol. The van der Waals surface area contributed by atoms with Crippen LogP contribution >= 0.6 is 0 Å². The first-order chi connectivity index (χ1) is 16.2. The Balaban J connectivity index is 1.53. The molecule has 0 spiro atoms. The minimum atomic E-state index is -3.80. The largest absolute Gasteiger partial charge is 0.497 e. The number of nitrogens with one attached hydrogen (secondary N) is 2. The normalized spacial score (nSPS) is 16.6. The summed E-state index contributed by atoms with van der Waals surface area (Å²) < 4.78 is 46.5. The number of rotatable bonds is 8. The lowest BCUT2D eigenvalue weighted by Crippen LogP contribution is -2.46. The van der Waals surface area contributed by atoms with Crippen LogP contribution < -0.4 is 15.4 Å². The number of methoxy groups -OCH3 is 1. The van der Waals surface area contributed by atoms with Crippen molar-refractivity contribution in [3.05, 3.63) is 59.4 Å². The molecule has 0 radical (unpaired) electrons. The first-order valence-electron chi connectivity index (χ1n) is 11.2. The number of hydrogen-bond acceptors (Lipinski definition) is 5. The summed E-state index contributed by atoms with van der Waals surface area (Å²) in [6.07, 6.45) is 2.63. The minimum absolute atomic E-state index is 0.0558. The van der Waals surface area contributed by atoms with E-state index in [1.807, 2.05) is 0 Å². The summed E-state index contributed by atoms with van der Waals surface area (Å²) in [6.45, 7) is 2.24. The fraction of sp³-hybridized carbons (Fsp3) is 0.417. The number of carbonyl (C=O) groups excluding carboxylic acids is 2. The first-order valence-corrected chi connectivity index (χ1v) is 12.6. The van der Waals surface area contributed by atoms with Gasteiger partial charge in [-0.15, -0.1) is 0 Å². The second kappa shape index (κ2) is 11.4. The van der Waals surface area contributed by atoms with Crippen molar-refractivity contribution in [2.24, 2.45) is 0 Å². The van der Waals surface area contributed by atoms with E-state index in [1.165, 1.54) is 23.4 Å². The maximum Gasteiger partial charge on any atom is 0.309 e. The lowest BCUT2D eigenvalue weighted by Gasteiger charge is -2.34. The SMILES string of the molecule is COc1ccc(CNC(=O)C(=O)NCCC2CCCCN2S(=O)(=O)c2ccc(F)c(C)c2)cc1. The molecule has 1 aliphatic rings. The zero-order valence-corrected chi connectivity index (χ0v) is 20.2. The molecular formula is C24H30FN3O5S. The Morgan fingerprint density at radius 3 is 2.47 bits per heavy atom. The molecule has 10 heteroatoms. The Kier molecular flexibility index (Phi) is 8.62. The van der Waals surface area contributed by atoms with E-state index in [0.29, 0.717) is 25.1 Å². The van der Waals surface area contributed by atoms with E-state index in [0.717, 1.165) is 24.5 Å². The van der Waals surface area contributed by atoms with Crippen LogP contribution in [0.4, 0.5) is 4.39 Å². The number of aryl methyl sites for hydroxylation is 1. The summed E-state index contributed by atoms with van der Waals surface area (Å²) in [7, 11) is -2.23. The molecule has 184 valence electrons. The van der Waals surface area contributed by atoms with Crippen molar-refractivity contribution in [3.63, 3.8) is 0 Å². The van der Waals surface area contributed by atoms with Crippen LogP contribution in [0.2, 0.25) is 0 Å². The molecule has 0 aliphatic carbocycles. The number of benzene rings is 2. The molecule has 8 nitrogen and oxygen atoms in total. The van der Waals surface area contributed by atoms with Gasteiger partial charge in [-0.25, -0.2) is 12.8 Å². The van der Waals surface area contributed by atoms with E-state index in [1.54, 1.807) is 31.4 Å². The molecule has 0 saturated carbocycles. The van der Waals surface area contributed by atoms with Crippen molar-refractivity contribution >= 4 is 21.8 Å². The number of nitrogens with zero attached hydrogens (tertiary/aromatic N) is 1.